The molecular weight excluding hydrogens is 424 g/mol. The second kappa shape index (κ2) is 9.35. The third kappa shape index (κ3) is 4.57. The number of benzene rings is 2. The molecule has 0 aliphatic rings. The van der Waals surface area contributed by atoms with E-state index in [1.807, 2.05) is 36.9 Å². The van der Waals surface area contributed by atoms with Crippen molar-refractivity contribution in [2.24, 2.45) is 0 Å². The smallest absolute Gasteiger partial charge is 0.173 e. The highest BCUT2D eigenvalue weighted by molar-refractivity contribution is 7.99. The molecule has 0 saturated carbocycles. The lowest BCUT2D eigenvalue weighted by molar-refractivity contribution is 0.394. The van der Waals surface area contributed by atoms with Crippen molar-refractivity contribution in [1.82, 2.24) is 19.5 Å². The Morgan fingerprint density at radius 2 is 1.88 bits per heavy atom. The first-order valence-electron chi connectivity index (χ1n) is 10.1. The highest BCUT2D eigenvalue weighted by Crippen LogP contribution is 2.36. The minimum Gasteiger partial charge on any atom is -0.497 e. The molecule has 2 aromatic heterocycles. The fourth-order valence-electron chi connectivity index (χ4n) is 3.35. The van der Waals surface area contributed by atoms with Crippen molar-refractivity contribution in [3.63, 3.8) is 0 Å². The molecule has 166 valence electrons. The molecule has 0 amide bonds. The first-order chi connectivity index (χ1) is 15.5. The summed E-state index contributed by atoms with van der Waals surface area (Å²) >= 11 is 1.43. The lowest BCUT2D eigenvalue weighted by Crippen LogP contribution is -2.13. The van der Waals surface area contributed by atoms with Gasteiger partial charge in [0.05, 0.1) is 25.4 Å². The van der Waals surface area contributed by atoms with Crippen molar-refractivity contribution in [2.45, 2.75) is 23.0 Å². The molecule has 8 nitrogen and oxygen atoms in total. The average Bonchev–Trinajstić information content (AvgIpc) is 3.23. The van der Waals surface area contributed by atoms with E-state index in [2.05, 4.69) is 39.1 Å². The number of aromatic amines is 1. The predicted molar refractivity (Wildman–Crippen MR) is 126 cm³/mol. The van der Waals surface area contributed by atoms with Crippen LogP contribution in [0, 0.1) is 5.41 Å². The molecule has 9 heteroatoms. The molecule has 0 aliphatic carbocycles. The molecule has 2 N–H and O–H groups in total. The summed E-state index contributed by atoms with van der Waals surface area (Å²) in [6.07, 6.45) is 2.52. The van der Waals surface area contributed by atoms with Crippen LogP contribution in [0.5, 0.6) is 11.5 Å². The van der Waals surface area contributed by atoms with Gasteiger partial charge >= 0.3 is 0 Å². The van der Waals surface area contributed by atoms with Crippen LogP contribution in [0.25, 0.3) is 11.2 Å². The van der Waals surface area contributed by atoms with Crippen LogP contribution in [0.3, 0.4) is 0 Å². The van der Waals surface area contributed by atoms with Gasteiger partial charge in [0.2, 0.25) is 0 Å². The number of nitrogens with one attached hydrogen (secondary N) is 2. The summed E-state index contributed by atoms with van der Waals surface area (Å²) < 4.78 is 12.8. The van der Waals surface area contributed by atoms with E-state index < -0.39 is 0 Å². The number of hydrogen-bond donors (Lipinski definition) is 2. The van der Waals surface area contributed by atoms with Crippen LogP contribution in [0.15, 0.2) is 58.8 Å². The van der Waals surface area contributed by atoms with Crippen molar-refractivity contribution >= 4 is 28.6 Å². The third-order valence-electron chi connectivity index (χ3n) is 5.17. The van der Waals surface area contributed by atoms with Gasteiger partial charge in [0.1, 0.15) is 17.0 Å². The Kier molecular flexibility index (Phi) is 6.36. The van der Waals surface area contributed by atoms with Crippen LogP contribution in [0.4, 0.5) is 5.69 Å². The number of aryl methyl sites for hydroxylation is 2. The molecule has 2 aromatic carbocycles. The number of rotatable bonds is 8. The van der Waals surface area contributed by atoms with Gasteiger partial charge in [0, 0.05) is 26.3 Å². The summed E-state index contributed by atoms with van der Waals surface area (Å²) in [6, 6.07) is 14.1. The topological polar surface area (TPSA) is 92.0 Å². The van der Waals surface area contributed by atoms with Crippen molar-refractivity contribution in [3.8, 4) is 11.5 Å². The second-order valence-electron chi connectivity index (χ2n) is 7.46. The largest absolute Gasteiger partial charge is 0.497 e. The van der Waals surface area contributed by atoms with Crippen molar-refractivity contribution in [1.29, 1.82) is 5.41 Å². The van der Waals surface area contributed by atoms with Gasteiger partial charge in [-0.15, -0.1) is 0 Å². The Labute approximate surface area is 190 Å². The van der Waals surface area contributed by atoms with Crippen LogP contribution < -0.4 is 19.9 Å². The molecular formula is C23H26N6O2S. The van der Waals surface area contributed by atoms with E-state index >= 15 is 0 Å². The predicted octanol–water partition coefficient (Wildman–Crippen LogP) is 3.72. The lowest BCUT2D eigenvalue weighted by atomic mass is 10.1. The quantitative estimate of drug-likeness (QED) is 0.425. The first-order valence-corrected chi connectivity index (χ1v) is 11.0. The van der Waals surface area contributed by atoms with Crippen LogP contribution in [0.2, 0.25) is 0 Å². The highest BCUT2D eigenvalue weighted by atomic mass is 32.2. The van der Waals surface area contributed by atoms with Crippen molar-refractivity contribution in [2.75, 3.05) is 33.2 Å². The second-order valence-corrected chi connectivity index (χ2v) is 8.49. The van der Waals surface area contributed by atoms with Crippen molar-refractivity contribution < 1.29 is 9.47 Å². The number of methoxy groups -OCH3 is 2. The summed E-state index contributed by atoms with van der Waals surface area (Å²) in [5, 5.41) is 8.87. The zero-order valence-corrected chi connectivity index (χ0v) is 19.4. The SMILES string of the molecule is COc1ccc(OC)c(Sc2nc3c([nH]2)c(=N)ncn3CCc2ccc(N(C)C)cc2)c1. The van der Waals surface area contributed by atoms with E-state index in [1.165, 1.54) is 23.0 Å². The summed E-state index contributed by atoms with van der Waals surface area (Å²) in [7, 11) is 7.33. The molecule has 0 aliphatic heterocycles. The molecule has 4 aromatic rings. The number of hydrogen-bond acceptors (Lipinski definition) is 7. The summed E-state index contributed by atoms with van der Waals surface area (Å²) in [5.74, 6) is 1.47. The fraction of sp³-hybridized carbons (Fsp3) is 0.261. The molecule has 32 heavy (non-hydrogen) atoms. The average molecular weight is 451 g/mol. The Hall–Kier alpha value is -3.46. The van der Waals surface area contributed by atoms with E-state index in [-0.39, 0.29) is 5.49 Å². The van der Waals surface area contributed by atoms with Crippen LogP contribution in [0.1, 0.15) is 5.56 Å². The van der Waals surface area contributed by atoms with Gasteiger partial charge in [-0.3, -0.25) is 5.41 Å². The number of fused-ring (bicyclic) bond motifs is 1. The number of aromatic nitrogens is 4. The maximum atomic E-state index is 8.20. The Balaban J connectivity index is 1.60. The standard InChI is InChI=1S/C23H26N6O2S/c1-28(2)16-7-5-15(6-8-16)11-12-29-14-25-21(24)20-22(29)27-23(26-20)32-19-13-17(30-3)9-10-18(19)31-4/h5-10,13-14,24H,11-12H2,1-4H3,(H,26,27). The van der Waals surface area contributed by atoms with Crippen molar-refractivity contribution in [3.05, 3.63) is 59.8 Å². The molecule has 0 atom stereocenters. The van der Waals surface area contributed by atoms with Gasteiger partial charge in [0.25, 0.3) is 0 Å². The number of ether oxygens (including phenoxy) is 2. The van der Waals surface area contributed by atoms with Crippen LogP contribution >= 0.6 is 11.8 Å². The highest BCUT2D eigenvalue weighted by Gasteiger charge is 2.13. The fourth-order valence-corrected chi connectivity index (χ4v) is 4.27. The van der Waals surface area contributed by atoms with Crippen LogP contribution in [-0.2, 0) is 13.0 Å². The molecule has 0 spiro atoms. The van der Waals surface area contributed by atoms with E-state index in [9.17, 15) is 0 Å². The third-order valence-corrected chi connectivity index (χ3v) is 6.10. The van der Waals surface area contributed by atoms with Gasteiger partial charge in [-0.25, -0.2) is 9.97 Å². The maximum absolute atomic E-state index is 8.20. The van der Waals surface area contributed by atoms with Gasteiger partial charge in [-0.1, -0.05) is 12.1 Å². The monoisotopic (exact) mass is 450 g/mol. The van der Waals surface area contributed by atoms with E-state index in [4.69, 9.17) is 19.9 Å². The Morgan fingerprint density at radius 3 is 2.56 bits per heavy atom. The Morgan fingerprint density at radius 1 is 1.09 bits per heavy atom. The molecule has 0 fully saturated rings. The molecule has 4 rings (SSSR count). The zero-order chi connectivity index (χ0) is 22.7. The minimum atomic E-state index is 0.170. The number of nitrogens with zero attached hydrogens (tertiary/aromatic N) is 4. The lowest BCUT2D eigenvalue weighted by Gasteiger charge is -2.13. The van der Waals surface area contributed by atoms with Crippen LogP contribution in [-0.4, -0.2) is 47.8 Å². The number of H-pyrrole nitrogens is 1. The number of imidazole rings is 1. The summed E-state index contributed by atoms with van der Waals surface area (Å²) in [6.45, 7) is 0.711. The normalized spacial score (nSPS) is 11.0. The van der Waals surface area contributed by atoms with Gasteiger partial charge < -0.3 is 23.9 Å². The molecule has 0 unspecified atom stereocenters. The van der Waals surface area contributed by atoms with E-state index in [1.54, 1.807) is 20.5 Å². The molecule has 0 saturated heterocycles. The van der Waals surface area contributed by atoms with Gasteiger partial charge in [-0.2, -0.15) is 0 Å². The minimum absolute atomic E-state index is 0.170. The molecule has 0 bridgehead atoms. The summed E-state index contributed by atoms with van der Waals surface area (Å²) in [5.41, 5.74) is 3.89. The Bertz CT molecular complexity index is 1280. The van der Waals surface area contributed by atoms with E-state index in [0.717, 1.165) is 22.8 Å². The molecule has 2 heterocycles. The zero-order valence-electron chi connectivity index (χ0n) is 18.5. The first kappa shape index (κ1) is 21.8. The van der Waals surface area contributed by atoms with Gasteiger partial charge in [0.15, 0.2) is 16.3 Å². The number of anilines is 1. The maximum Gasteiger partial charge on any atom is 0.173 e. The van der Waals surface area contributed by atoms with Gasteiger partial charge in [-0.05, 0) is 54.1 Å². The molecule has 0 radical (unpaired) electrons. The summed E-state index contributed by atoms with van der Waals surface area (Å²) in [4.78, 5) is 15.2. The van der Waals surface area contributed by atoms with E-state index in [0.29, 0.717) is 22.9 Å².